The minimum atomic E-state index is -0.634. The first-order chi connectivity index (χ1) is 28.0. The van der Waals surface area contributed by atoms with Gasteiger partial charge in [0.15, 0.2) is 12.1 Å². The summed E-state index contributed by atoms with van der Waals surface area (Å²) in [5.74, 6) is 0.774. The van der Waals surface area contributed by atoms with E-state index >= 15 is 0 Å². The standard InChI is InChI=1S/C48H38N2O6S/c51-29-31-18-20-34(21-19-31)42-27-39(30-57-48-49-43(35-11-3-1-4-12-35)44(56-48)36-13-5-2-6-14-36)54-47(55-42)37-24-22-33(23-25-37)38-15-9-10-32(26-38)28-50-45(52)40-16-7-8-17-41(40)46(50)53/h1-26,39,42,47,51H,27-30H2. The Bertz CT molecular complexity index is 2430. The lowest BCUT2D eigenvalue weighted by atomic mass is 9.99. The van der Waals surface area contributed by atoms with Crippen LogP contribution in [-0.2, 0) is 22.6 Å². The van der Waals surface area contributed by atoms with Crippen molar-refractivity contribution in [2.75, 3.05) is 5.75 Å². The summed E-state index contributed by atoms with van der Waals surface area (Å²) >= 11 is 1.52. The smallest absolute Gasteiger partial charge is 0.261 e. The van der Waals surface area contributed by atoms with Crippen molar-refractivity contribution in [3.05, 3.63) is 191 Å². The highest BCUT2D eigenvalue weighted by atomic mass is 32.2. The van der Waals surface area contributed by atoms with Crippen LogP contribution in [-0.4, -0.2) is 38.7 Å². The van der Waals surface area contributed by atoms with Crippen molar-refractivity contribution in [2.24, 2.45) is 0 Å². The molecule has 3 heterocycles. The lowest BCUT2D eigenvalue weighted by Crippen LogP contribution is -2.31. The SMILES string of the molecule is O=C1c2ccccc2C(=O)N1Cc1cccc(-c2ccc(C3OC(CSc4nc(-c5ccccc5)c(-c5ccccc5)o4)CC(c4ccc(CO)cc4)O3)cc2)c1. The Hall–Kier alpha value is -6.10. The molecule has 2 aliphatic heterocycles. The number of benzene rings is 6. The number of imide groups is 1. The number of thioether (sulfide) groups is 1. The van der Waals surface area contributed by atoms with Crippen LogP contribution in [0.4, 0.5) is 0 Å². The van der Waals surface area contributed by atoms with Crippen molar-refractivity contribution < 1.29 is 28.6 Å². The summed E-state index contributed by atoms with van der Waals surface area (Å²) in [6, 6.07) is 50.9. The monoisotopic (exact) mass is 770 g/mol. The zero-order chi connectivity index (χ0) is 38.7. The van der Waals surface area contributed by atoms with Crippen molar-refractivity contribution >= 4 is 23.6 Å². The Morgan fingerprint density at radius 1 is 0.632 bits per heavy atom. The molecule has 3 unspecified atom stereocenters. The van der Waals surface area contributed by atoms with Crippen LogP contribution in [0.5, 0.6) is 0 Å². The molecule has 1 N–H and O–H groups in total. The molecule has 1 fully saturated rings. The van der Waals surface area contributed by atoms with E-state index in [0.717, 1.165) is 56.0 Å². The summed E-state index contributed by atoms with van der Waals surface area (Å²) in [5, 5.41) is 10.2. The second-order valence-electron chi connectivity index (χ2n) is 14.1. The normalized spacial score (nSPS) is 17.8. The van der Waals surface area contributed by atoms with Crippen molar-refractivity contribution in [1.82, 2.24) is 9.88 Å². The summed E-state index contributed by atoms with van der Waals surface area (Å²) in [7, 11) is 0. The quantitative estimate of drug-likeness (QED) is 0.102. The second kappa shape index (κ2) is 16.2. The minimum absolute atomic E-state index is 0.0269. The fraction of sp³-hybridized carbons (Fsp3) is 0.146. The molecule has 1 aromatic heterocycles. The number of fused-ring (bicyclic) bond motifs is 1. The number of hydrogen-bond donors (Lipinski definition) is 1. The third-order valence-electron chi connectivity index (χ3n) is 10.4. The van der Waals surface area contributed by atoms with Crippen LogP contribution in [0.3, 0.4) is 0 Å². The van der Waals surface area contributed by atoms with Gasteiger partial charge in [0, 0.05) is 28.9 Å². The predicted molar refractivity (Wildman–Crippen MR) is 219 cm³/mol. The number of amides is 2. The number of ether oxygens (including phenoxy) is 2. The molecule has 9 heteroatoms. The van der Waals surface area contributed by atoms with Gasteiger partial charge in [-0.05, 0) is 46.0 Å². The van der Waals surface area contributed by atoms with Crippen LogP contribution in [0.15, 0.2) is 167 Å². The zero-order valence-electron chi connectivity index (χ0n) is 30.9. The molecule has 8 nitrogen and oxygen atoms in total. The summed E-state index contributed by atoms with van der Waals surface area (Å²) in [6.07, 6.45) is -0.449. The van der Waals surface area contributed by atoms with Gasteiger partial charge in [-0.2, -0.15) is 0 Å². The summed E-state index contributed by atoms with van der Waals surface area (Å²) in [6.45, 7) is 0.164. The molecule has 9 rings (SSSR count). The van der Waals surface area contributed by atoms with Crippen molar-refractivity contribution in [1.29, 1.82) is 0 Å². The third kappa shape index (κ3) is 7.70. The van der Waals surface area contributed by atoms with Crippen molar-refractivity contribution in [2.45, 2.75) is 43.3 Å². The van der Waals surface area contributed by atoms with Crippen LogP contribution < -0.4 is 0 Å². The number of carbonyl (C=O) groups is 2. The first-order valence-electron chi connectivity index (χ1n) is 18.9. The maximum absolute atomic E-state index is 13.0. The molecule has 0 aliphatic carbocycles. The van der Waals surface area contributed by atoms with E-state index < -0.39 is 6.29 Å². The van der Waals surface area contributed by atoms with Crippen LogP contribution >= 0.6 is 11.8 Å². The lowest BCUT2D eigenvalue weighted by Gasteiger charge is -2.36. The molecule has 282 valence electrons. The number of aliphatic hydroxyl groups excluding tert-OH is 1. The molecule has 57 heavy (non-hydrogen) atoms. The lowest BCUT2D eigenvalue weighted by molar-refractivity contribution is -0.245. The molecule has 0 spiro atoms. The zero-order valence-corrected chi connectivity index (χ0v) is 31.7. The second-order valence-corrected chi connectivity index (χ2v) is 15.1. The van der Waals surface area contributed by atoms with Gasteiger partial charge in [0.05, 0.1) is 36.5 Å². The number of oxazole rings is 1. The van der Waals surface area contributed by atoms with E-state index in [0.29, 0.717) is 28.5 Å². The molecule has 1 saturated heterocycles. The Morgan fingerprint density at radius 3 is 1.95 bits per heavy atom. The number of carbonyl (C=O) groups excluding carboxylic acids is 2. The van der Waals surface area contributed by atoms with Gasteiger partial charge < -0.3 is 19.0 Å². The maximum atomic E-state index is 13.0. The molecule has 6 aromatic carbocycles. The first kappa shape index (κ1) is 36.5. The summed E-state index contributed by atoms with van der Waals surface area (Å²) < 4.78 is 19.7. The Labute approximate surface area is 334 Å². The van der Waals surface area contributed by atoms with Gasteiger partial charge in [0.25, 0.3) is 17.0 Å². The van der Waals surface area contributed by atoms with Crippen molar-refractivity contribution in [3.8, 4) is 33.7 Å². The molecule has 0 radical (unpaired) electrons. The molecule has 7 aromatic rings. The van der Waals surface area contributed by atoms with E-state index in [-0.39, 0.29) is 37.2 Å². The largest absolute Gasteiger partial charge is 0.431 e. The highest BCUT2D eigenvalue weighted by Crippen LogP contribution is 2.41. The number of aliphatic hydroxyl groups is 1. The van der Waals surface area contributed by atoms with E-state index in [2.05, 4.69) is 0 Å². The Morgan fingerprint density at radius 2 is 1.26 bits per heavy atom. The molecular formula is C48H38N2O6S. The van der Waals surface area contributed by atoms with E-state index in [1.54, 1.807) is 24.3 Å². The van der Waals surface area contributed by atoms with Gasteiger partial charge >= 0.3 is 0 Å². The first-order valence-corrected chi connectivity index (χ1v) is 19.9. The number of rotatable bonds is 11. The average Bonchev–Trinajstić information content (AvgIpc) is 3.81. The Balaban J connectivity index is 0.939. The number of nitrogens with zero attached hydrogens (tertiary/aromatic N) is 2. The number of hydrogen-bond acceptors (Lipinski definition) is 8. The topological polar surface area (TPSA) is 102 Å². The van der Waals surface area contributed by atoms with Crippen LogP contribution in [0.25, 0.3) is 33.7 Å². The summed E-state index contributed by atoms with van der Waals surface area (Å²) in [4.78, 5) is 32.3. The minimum Gasteiger partial charge on any atom is -0.431 e. The molecule has 2 amide bonds. The van der Waals surface area contributed by atoms with Crippen molar-refractivity contribution in [3.63, 3.8) is 0 Å². The molecule has 0 saturated carbocycles. The highest BCUT2D eigenvalue weighted by molar-refractivity contribution is 7.99. The van der Waals surface area contributed by atoms with Crippen LogP contribution in [0.1, 0.15) is 61.8 Å². The van der Waals surface area contributed by atoms with Crippen LogP contribution in [0, 0.1) is 0 Å². The van der Waals surface area contributed by atoms with Gasteiger partial charge in [-0.15, -0.1) is 0 Å². The van der Waals surface area contributed by atoms with Gasteiger partial charge in [-0.1, -0.05) is 151 Å². The third-order valence-corrected chi connectivity index (χ3v) is 11.3. The molecule has 2 aliphatic rings. The maximum Gasteiger partial charge on any atom is 0.261 e. The average molecular weight is 771 g/mol. The molecule has 3 atom stereocenters. The predicted octanol–water partition coefficient (Wildman–Crippen LogP) is 10.3. The van der Waals surface area contributed by atoms with Gasteiger partial charge in [0.1, 0.15) is 5.69 Å². The number of aromatic nitrogens is 1. The fourth-order valence-corrected chi connectivity index (χ4v) is 8.21. The molecular weight excluding hydrogens is 733 g/mol. The van der Waals surface area contributed by atoms with Crippen LogP contribution in [0.2, 0.25) is 0 Å². The van der Waals surface area contributed by atoms with E-state index in [1.807, 2.05) is 133 Å². The fourth-order valence-electron chi connectivity index (χ4n) is 7.37. The van der Waals surface area contributed by atoms with E-state index in [4.69, 9.17) is 18.9 Å². The Kier molecular flexibility index (Phi) is 10.4. The van der Waals surface area contributed by atoms with E-state index in [9.17, 15) is 14.7 Å². The highest BCUT2D eigenvalue weighted by Gasteiger charge is 2.35. The van der Waals surface area contributed by atoms with E-state index in [1.165, 1.54) is 16.7 Å². The van der Waals surface area contributed by atoms with Gasteiger partial charge in [-0.3, -0.25) is 14.5 Å². The van der Waals surface area contributed by atoms with Gasteiger partial charge in [0.2, 0.25) is 0 Å². The molecule has 0 bridgehead atoms. The van der Waals surface area contributed by atoms with Gasteiger partial charge in [-0.25, -0.2) is 4.98 Å². The summed E-state index contributed by atoms with van der Waals surface area (Å²) in [5.41, 5.74) is 9.16.